The lowest BCUT2D eigenvalue weighted by Gasteiger charge is -2.32. The third-order valence-electron chi connectivity index (χ3n) is 6.40. The summed E-state index contributed by atoms with van der Waals surface area (Å²) in [5.41, 5.74) is 1.08. The second-order valence-corrected chi connectivity index (χ2v) is 8.70. The van der Waals surface area contributed by atoms with Crippen LogP contribution >= 0.6 is 0 Å². The van der Waals surface area contributed by atoms with Crippen LogP contribution in [0.4, 0.5) is 13.2 Å². The number of pyridine rings is 1. The van der Waals surface area contributed by atoms with Gasteiger partial charge in [0.05, 0.1) is 22.3 Å². The molecule has 10 heteroatoms. The van der Waals surface area contributed by atoms with Gasteiger partial charge in [0.1, 0.15) is 5.69 Å². The maximum atomic E-state index is 13.8. The molecule has 0 bridgehead atoms. The molecule has 1 aliphatic carbocycles. The summed E-state index contributed by atoms with van der Waals surface area (Å²) in [6.45, 7) is 2.56. The molecule has 3 aromatic rings. The fourth-order valence-electron chi connectivity index (χ4n) is 4.52. The summed E-state index contributed by atoms with van der Waals surface area (Å²) in [5, 5.41) is 8.36. The lowest BCUT2D eigenvalue weighted by Crippen LogP contribution is -2.40. The maximum Gasteiger partial charge on any atom is 0.417 e. The first-order valence-electron chi connectivity index (χ1n) is 11.0. The molecule has 1 saturated carbocycles. The molecular weight excluding hydrogens is 423 g/mol. The molecule has 1 atom stereocenters. The van der Waals surface area contributed by atoms with Crippen LogP contribution in [0.2, 0.25) is 0 Å². The largest absolute Gasteiger partial charge is 0.417 e. The first-order valence-corrected chi connectivity index (χ1v) is 11.0. The third kappa shape index (κ3) is 3.65. The highest BCUT2D eigenvalue weighted by Gasteiger charge is 2.38. The van der Waals surface area contributed by atoms with Gasteiger partial charge in [-0.05, 0) is 44.2 Å². The lowest BCUT2D eigenvalue weighted by molar-refractivity contribution is -0.136. The van der Waals surface area contributed by atoms with Crippen molar-refractivity contribution in [1.82, 2.24) is 24.8 Å². The van der Waals surface area contributed by atoms with Crippen molar-refractivity contribution in [2.24, 2.45) is 7.05 Å². The fourth-order valence-corrected chi connectivity index (χ4v) is 4.52. The zero-order valence-electron chi connectivity index (χ0n) is 17.9. The van der Waals surface area contributed by atoms with Crippen molar-refractivity contribution >= 4 is 17.0 Å². The quantitative estimate of drug-likeness (QED) is 0.591. The SMILES string of the molecule is CCc1cc(C(F)(F)F)c2c([C@@H]3CCCN(C(=O)c4cc(C5CC5)nn4C)C3)noc2n1. The standard InChI is InChI=1S/C22H24F3N5O2/c1-3-14-9-15(22(23,24)25)18-19(28-32-20(18)26-14)13-5-4-8-30(11-13)21(31)17-10-16(12-6-7-12)27-29(17)2/h9-10,12-13H,3-8,11H2,1-2H3/t13-/m1/s1. The van der Waals surface area contributed by atoms with Gasteiger partial charge in [0, 0.05) is 37.7 Å². The van der Waals surface area contributed by atoms with Crippen LogP contribution in [0.25, 0.3) is 11.1 Å². The van der Waals surface area contributed by atoms with Crippen LogP contribution in [0.5, 0.6) is 0 Å². The van der Waals surface area contributed by atoms with E-state index in [1.165, 1.54) is 0 Å². The monoisotopic (exact) mass is 447 g/mol. The zero-order chi connectivity index (χ0) is 22.6. The Morgan fingerprint density at radius 2 is 2.00 bits per heavy atom. The number of amides is 1. The number of carbonyl (C=O) groups excluding carboxylic acids is 1. The highest BCUT2D eigenvalue weighted by molar-refractivity contribution is 5.93. The minimum absolute atomic E-state index is 0.0921. The number of aromatic nitrogens is 4. The van der Waals surface area contributed by atoms with Crippen LogP contribution in [-0.4, -0.2) is 43.8 Å². The Morgan fingerprint density at radius 1 is 1.22 bits per heavy atom. The van der Waals surface area contributed by atoms with Crippen LogP contribution in [0.3, 0.4) is 0 Å². The second-order valence-electron chi connectivity index (χ2n) is 8.70. The average molecular weight is 447 g/mol. The zero-order valence-corrected chi connectivity index (χ0v) is 17.9. The van der Waals surface area contributed by atoms with Crippen LogP contribution < -0.4 is 0 Å². The van der Waals surface area contributed by atoms with Crippen molar-refractivity contribution in [3.63, 3.8) is 0 Å². The Kier molecular flexibility index (Phi) is 4.98. The van der Waals surface area contributed by atoms with Crippen molar-refractivity contribution in [3.05, 3.63) is 40.5 Å². The van der Waals surface area contributed by atoms with Gasteiger partial charge in [-0.15, -0.1) is 0 Å². The molecule has 32 heavy (non-hydrogen) atoms. The highest BCUT2D eigenvalue weighted by Crippen LogP contribution is 2.41. The minimum atomic E-state index is -4.55. The molecule has 5 rings (SSSR count). The number of halogens is 3. The molecule has 0 spiro atoms. The number of alkyl halides is 3. The van der Waals surface area contributed by atoms with E-state index in [1.54, 1.807) is 23.6 Å². The van der Waals surface area contributed by atoms with Gasteiger partial charge in [-0.1, -0.05) is 12.1 Å². The fraction of sp³-hybridized carbons (Fsp3) is 0.545. The van der Waals surface area contributed by atoms with E-state index in [4.69, 9.17) is 4.52 Å². The molecule has 0 radical (unpaired) electrons. The van der Waals surface area contributed by atoms with Crippen molar-refractivity contribution < 1.29 is 22.5 Å². The molecule has 1 amide bonds. The van der Waals surface area contributed by atoms with Gasteiger partial charge in [-0.25, -0.2) is 4.98 Å². The molecule has 0 unspecified atom stereocenters. The van der Waals surface area contributed by atoms with E-state index in [0.717, 1.165) is 24.6 Å². The van der Waals surface area contributed by atoms with Crippen molar-refractivity contribution in [2.45, 2.75) is 57.0 Å². The van der Waals surface area contributed by atoms with E-state index in [-0.39, 0.29) is 35.2 Å². The number of piperidine rings is 1. The molecule has 1 saturated heterocycles. The van der Waals surface area contributed by atoms with Gasteiger partial charge in [0.2, 0.25) is 0 Å². The molecule has 2 aliphatic rings. The van der Waals surface area contributed by atoms with Gasteiger partial charge in [0.15, 0.2) is 0 Å². The summed E-state index contributed by atoms with van der Waals surface area (Å²) in [4.78, 5) is 19.1. The molecule has 3 aromatic heterocycles. The Hall–Kier alpha value is -2.91. The highest BCUT2D eigenvalue weighted by atomic mass is 19.4. The molecule has 0 aromatic carbocycles. The Balaban J connectivity index is 1.46. The van der Waals surface area contributed by atoms with Crippen LogP contribution in [-0.2, 0) is 19.6 Å². The lowest BCUT2D eigenvalue weighted by atomic mass is 9.91. The van der Waals surface area contributed by atoms with Crippen LogP contribution in [0, 0.1) is 0 Å². The van der Waals surface area contributed by atoms with Crippen LogP contribution in [0.1, 0.15) is 77.6 Å². The van der Waals surface area contributed by atoms with E-state index < -0.39 is 11.7 Å². The molecule has 7 nitrogen and oxygen atoms in total. The normalized spacial score (nSPS) is 19.7. The topological polar surface area (TPSA) is 77.0 Å². The van der Waals surface area contributed by atoms with Gasteiger partial charge >= 0.3 is 6.18 Å². The molecular formula is C22H24F3N5O2. The van der Waals surface area contributed by atoms with E-state index in [1.807, 2.05) is 6.07 Å². The minimum Gasteiger partial charge on any atom is -0.337 e. The number of likely N-dealkylation sites (tertiary alicyclic amines) is 1. The van der Waals surface area contributed by atoms with E-state index in [2.05, 4.69) is 15.2 Å². The van der Waals surface area contributed by atoms with Gasteiger partial charge in [0.25, 0.3) is 11.6 Å². The summed E-state index contributed by atoms with van der Waals surface area (Å²) in [7, 11) is 1.75. The number of rotatable bonds is 4. The molecule has 2 fully saturated rings. The number of aryl methyl sites for hydroxylation is 2. The average Bonchev–Trinajstić information content (AvgIpc) is 3.42. The van der Waals surface area contributed by atoms with Gasteiger partial charge < -0.3 is 9.42 Å². The Labute approximate surface area is 182 Å². The van der Waals surface area contributed by atoms with Crippen molar-refractivity contribution in [1.29, 1.82) is 0 Å². The summed E-state index contributed by atoms with van der Waals surface area (Å²) < 4.78 is 48.3. The van der Waals surface area contributed by atoms with Crippen molar-refractivity contribution in [2.75, 3.05) is 13.1 Å². The Morgan fingerprint density at radius 3 is 2.69 bits per heavy atom. The first kappa shape index (κ1) is 21.0. The molecule has 0 N–H and O–H groups in total. The number of nitrogens with zero attached hydrogens (tertiary/aromatic N) is 5. The molecule has 1 aliphatic heterocycles. The number of carbonyl (C=O) groups is 1. The summed E-state index contributed by atoms with van der Waals surface area (Å²) >= 11 is 0. The number of hydrogen-bond donors (Lipinski definition) is 0. The molecule has 170 valence electrons. The number of hydrogen-bond acceptors (Lipinski definition) is 5. The Bertz CT molecular complexity index is 1180. The van der Waals surface area contributed by atoms with Crippen molar-refractivity contribution in [3.8, 4) is 0 Å². The maximum absolute atomic E-state index is 13.8. The first-order chi connectivity index (χ1) is 15.3. The third-order valence-corrected chi connectivity index (χ3v) is 6.40. The smallest absolute Gasteiger partial charge is 0.337 e. The van der Waals surface area contributed by atoms with Gasteiger partial charge in [-0.2, -0.15) is 18.3 Å². The van der Waals surface area contributed by atoms with E-state index in [9.17, 15) is 18.0 Å². The predicted molar refractivity (Wildman–Crippen MR) is 109 cm³/mol. The van der Waals surface area contributed by atoms with E-state index in [0.29, 0.717) is 43.1 Å². The molecule has 4 heterocycles. The summed E-state index contributed by atoms with van der Waals surface area (Å²) in [5.74, 6) is -0.0908. The summed E-state index contributed by atoms with van der Waals surface area (Å²) in [6.07, 6.45) is -0.731. The second kappa shape index (κ2) is 7.60. The van der Waals surface area contributed by atoms with Crippen LogP contribution in [0.15, 0.2) is 16.7 Å². The van der Waals surface area contributed by atoms with Gasteiger partial charge in [-0.3, -0.25) is 9.48 Å². The van der Waals surface area contributed by atoms with E-state index >= 15 is 0 Å². The predicted octanol–water partition coefficient (Wildman–Crippen LogP) is 4.43. The summed E-state index contributed by atoms with van der Waals surface area (Å²) in [6, 6.07) is 2.91. The number of fused-ring (bicyclic) bond motifs is 1.